The summed E-state index contributed by atoms with van der Waals surface area (Å²) in [6.45, 7) is 1.60. The van der Waals surface area contributed by atoms with Gasteiger partial charge in [0.1, 0.15) is 11.6 Å². The summed E-state index contributed by atoms with van der Waals surface area (Å²) < 4.78 is 4.98. The number of ketones is 1. The fourth-order valence-corrected chi connectivity index (χ4v) is 1.48. The number of H-pyrrole nitrogens is 1. The lowest BCUT2D eigenvalue weighted by molar-refractivity contribution is 0.101. The number of aryl methyl sites for hydroxylation is 1. The topological polar surface area (TPSA) is 86.9 Å². The van der Waals surface area contributed by atoms with Crippen molar-refractivity contribution < 1.29 is 9.21 Å². The van der Waals surface area contributed by atoms with Crippen LogP contribution in [0.2, 0.25) is 0 Å². The van der Waals surface area contributed by atoms with E-state index in [0.29, 0.717) is 5.69 Å². The zero-order chi connectivity index (χ0) is 12.4. The van der Waals surface area contributed by atoms with Crippen molar-refractivity contribution in [2.45, 2.75) is 6.92 Å². The molecule has 0 atom stereocenters. The third-order valence-electron chi connectivity index (χ3n) is 2.35. The summed E-state index contributed by atoms with van der Waals surface area (Å²) in [5.74, 6) is -0.190. The lowest BCUT2D eigenvalue weighted by Gasteiger charge is -2.02. The van der Waals surface area contributed by atoms with Gasteiger partial charge in [-0.15, -0.1) is 0 Å². The molecule has 0 aliphatic carbocycles. The number of aromatic amines is 1. The summed E-state index contributed by atoms with van der Waals surface area (Å²) >= 11 is 0. The van der Waals surface area contributed by atoms with Crippen LogP contribution in [0.25, 0.3) is 0 Å². The second-order valence-electron chi connectivity index (χ2n) is 3.47. The summed E-state index contributed by atoms with van der Waals surface area (Å²) in [4.78, 5) is 25.8. The Labute approximate surface area is 96.3 Å². The number of carbonyl (C=O) groups excluding carboxylic acids is 1. The number of nitrogens with zero attached hydrogens (tertiary/aromatic N) is 1. The van der Waals surface area contributed by atoms with Crippen LogP contribution in [0.15, 0.2) is 33.7 Å². The Morgan fingerprint density at radius 2 is 2.29 bits per heavy atom. The number of nitriles is 1. The Kier molecular flexibility index (Phi) is 2.63. The van der Waals surface area contributed by atoms with Crippen molar-refractivity contribution in [2.24, 2.45) is 0 Å². The summed E-state index contributed by atoms with van der Waals surface area (Å²) in [6, 6.07) is 6.14. The van der Waals surface area contributed by atoms with Crippen molar-refractivity contribution in [1.82, 2.24) is 4.98 Å². The van der Waals surface area contributed by atoms with Gasteiger partial charge < -0.3 is 9.40 Å². The fraction of sp³-hybridized carbons (Fsp3) is 0.0833. The van der Waals surface area contributed by atoms with Gasteiger partial charge in [-0.25, -0.2) is 0 Å². The van der Waals surface area contributed by atoms with E-state index in [-0.39, 0.29) is 22.7 Å². The van der Waals surface area contributed by atoms with Gasteiger partial charge >= 0.3 is 0 Å². The Morgan fingerprint density at radius 1 is 1.53 bits per heavy atom. The maximum atomic E-state index is 12.0. The van der Waals surface area contributed by atoms with E-state index in [0.717, 1.165) is 0 Å². The molecule has 0 saturated carbocycles. The Hall–Kier alpha value is -2.61. The number of furan rings is 1. The molecule has 0 amide bonds. The highest BCUT2D eigenvalue weighted by atomic mass is 16.3. The third kappa shape index (κ3) is 1.88. The summed E-state index contributed by atoms with van der Waals surface area (Å²) in [5, 5.41) is 8.74. The molecule has 5 heteroatoms. The van der Waals surface area contributed by atoms with Gasteiger partial charge in [-0.05, 0) is 25.1 Å². The maximum Gasteiger partial charge on any atom is 0.266 e. The lowest BCUT2D eigenvalue weighted by Crippen LogP contribution is -2.16. The van der Waals surface area contributed by atoms with Gasteiger partial charge in [0.2, 0.25) is 5.78 Å². The standard InChI is InChI=1S/C12H8N2O3/c1-7-9(5-8(6-13)12(16)14-7)11(15)10-3-2-4-17-10/h2-5H,1H3,(H,14,16). The van der Waals surface area contributed by atoms with E-state index in [1.54, 1.807) is 19.1 Å². The van der Waals surface area contributed by atoms with Crippen LogP contribution >= 0.6 is 0 Å². The molecule has 0 spiro atoms. The minimum atomic E-state index is -0.499. The van der Waals surface area contributed by atoms with Crippen LogP contribution < -0.4 is 5.56 Å². The SMILES string of the molecule is Cc1[nH]c(=O)c(C#N)cc1C(=O)c1ccco1. The van der Waals surface area contributed by atoms with E-state index in [9.17, 15) is 9.59 Å². The molecule has 17 heavy (non-hydrogen) atoms. The first-order chi connectivity index (χ1) is 8.13. The molecule has 1 N–H and O–H groups in total. The van der Waals surface area contributed by atoms with Crippen LogP contribution in [0.3, 0.4) is 0 Å². The molecule has 2 heterocycles. The van der Waals surface area contributed by atoms with Gasteiger partial charge in [-0.1, -0.05) is 0 Å². The summed E-state index contributed by atoms with van der Waals surface area (Å²) in [7, 11) is 0. The van der Waals surface area contributed by atoms with Crippen molar-refractivity contribution in [3.63, 3.8) is 0 Å². The number of pyridine rings is 1. The second-order valence-corrected chi connectivity index (χ2v) is 3.47. The predicted octanol–water partition coefficient (Wildman–Crippen LogP) is 1.38. The number of carbonyl (C=O) groups is 1. The van der Waals surface area contributed by atoms with Gasteiger partial charge in [0, 0.05) is 11.3 Å². The molecule has 0 bridgehead atoms. The first kappa shape index (κ1) is 10.9. The molecular weight excluding hydrogens is 220 g/mol. The molecule has 0 radical (unpaired) electrons. The normalized spacial score (nSPS) is 9.88. The van der Waals surface area contributed by atoms with Gasteiger partial charge in [0.15, 0.2) is 5.76 Å². The van der Waals surface area contributed by atoms with Gasteiger partial charge in [0.05, 0.1) is 6.26 Å². The van der Waals surface area contributed by atoms with Crippen LogP contribution in [0.5, 0.6) is 0 Å². The molecule has 0 aromatic carbocycles. The monoisotopic (exact) mass is 228 g/mol. The first-order valence-corrected chi connectivity index (χ1v) is 4.85. The maximum absolute atomic E-state index is 12.0. The van der Waals surface area contributed by atoms with E-state index >= 15 is 0 Å². The lowest BCUT2D eigenvalue weighted by atomic mass is 10.1. The average molecular weight is 228 g/mol. The highest BCUT2D eigenvalue weighted by Gasteiger charge is 2.16. The molecular formula is C12H8N2O3. The highest BCUT2D eigenvalue weighted by Crippen LogP contribution is 2.12. The molecule has 0 aliphatic heterocycles. The Morgan fingerprint density at radius 3 is 2.88 bits per heavy atom. The molecule has 2 aromatic heterocycles. The molecule has 0 fully saturated rings. The van der Waals surface area contributed by atoms with Crippen molar-refractivity contribution >= 4 is 5.78 Å². The van der Waals surface area contributed by atoms with E-state index in [2.05, 4.69) is 4.98 Å². The third-order valence-corrected chi connectivity index (χ3v) is 2.35. The van der Waals surface area contributed by atoms with Crippen molar-refractivity contribution in [3.05, 3.63) is 57.4 Å². The smallest absolute Gasteiger partial charge is 0.266 e. The molecule has 84 valence electrons. The number of hydrogen-bond acceptors (Lipinski definition) is 4. The molecule has 5 nitrogen and oxygen atoms in total. The van der Waals surface area contributed by atoms with Gasteiger partial charge in [-0.2, -0.15) is 5.26 Å². The molecule has 0 aliphatic rings. The van der Waals surface area contributed by atoms with Gasteiger partial charge in [0.25, 0.3) is 5.56 Å². The number of hydrogen-bond donors (Lipinski definition) is 1. The minimum absolute atomic E-state index is 0.0921. The number of rotatable bonds is 2. The highest BCUT2D eigenvalue weighted by molar-refractivity contribution is 6.07. The molecule has 0 saturated heterocycles. The average Bonchev–Trinajstić information content (AvgIpc) is 2.82. The quantitative estimate of drug-likeness (QED) is 0.786. The first-order valence-electron chi connectivity index (χ1n) is 4.85. The van der Waals surface area contributed by atoms with Crippen molar-refractivity contribution in [2.75, 3.05) is 0 Å². The predicted molar refractivity (Wildman–Crippen MR) is 58.7 cm³/mol. The summed E-state index contributed by atoms with van der Waals surface area (Å²) in [5.41, 5.74) is 0.0815. The van der Waals surface area contributed by atoms with E-state index in [1.165, 1.54) is 18.4 Å². The number of nitrogens with one attached hydrogen (secondary N) is 1. The summed E-state index contributed by atoms with van der Waals surface area (Å²) in [6.07, 6.45) is 1.39. The van der Waals surface area contributed by atoms with E-state index < -0.39 is 5.56 Å². The van der Waals surface area contributed by atoms with Gasteiger partial charge in [-0.3, -0.25) is 9.59 Å². The van der Waals surface area contributed by atoms with Crippen LogP contribution in [0.4, 0.5) is 0 Å². The Balaban J connectivity index is 2.57. The van der Waals surface area contributed by atoms with Crippen LogP contribution in [-0.2, 0) is 0 Å². The van der Waals surface area contributed by atoms with Crippen LogP contribution in [0, 0.1) is 18.3 Å². The minimum Gasteiger partial charge on any atom is -0.461 e. The Bertz CT molecular complexity index is 660. The molecule has 2 aromatic rings. The molecule has 2 rings (SSSR count). The molecule has 0 unspecified atom stereocenters. The second kappa shape index (κ2) is 4.10. The fourth-order valence-electron chi connectivity index (χ4n) is 1.48. The van der Waals surface area contributed by atoms with Crippen LogP contribution in [-0.4, -0.2) is 10.8 Å². The largest absolute Gasteiger partial charge is 0.461 e. The van der Waals surface area contributed by atoms with Crippen molar-refractivity contribution in [3.8, 4) is 6.07 Å². The van der Waals surface area contributed by atoms with Crippen molar-refractivity contribution in [1.29, 1.82) is 5.26 Å². The zero-order valence-electron chi connectivity index (χ0n) is 8.98. The van der Waals surface area contributed by atoms with Crippen LogP contribution in [0.1, 0.15) is 27.4 Å². The zero-order valence-corrected chi connectivity index (χ0v) is 8.98. The van der Waals surface area contributed by atoms with E-state index in [4.69, 9.17) is 9.68 Å². The number of aromatic nitrogens is 1. The van der Waals surface area contributed by atoms with E-state index in [1.807, 2.05) is 0 Å².